The molecule has 0 heterocycles. The van der Waals surface area contributed by atoms with E-state index in [0.29, 0.717) is 28.6 Å². The lowest BCUT2D eigenvalue weighted by atomic mass is 10.1. The standard InChI is InChI=1S/C29H34ClN3O6S/c1-6-31-29(35)21(3)32(18-22-8-7-9-23(30)16-22)28(34)19-33(24-12-15-26(38-4)27(17-24)39-5)40(36,37)25-13-10-20(2)11-14-25/h7-17,21H,6,18-19H2,1-5H3,(H,31,35). The maximum Gasteiger partial charge on any atom is 0.264 e. The average molecular weight is 588 g/mol. The summed E-state index contributed by atoms with van der Waals surface area (Å²) in [7, 11) is -1.30. The van der Waals surface area contributed by atoms with E-state index in [2.05, 4.69) is 5.32 Å². The predicted octanol–water partition coefficient (Wildman–Crippen LogP) is 4.41. The normalized spacial score (nSPS) is 11.8. The monoisotopic (exact) mass is 587 g/mol. The molecular formula is C29H34ClN3O6S. The fourth-order valence-corrected chi connectivity index (χ4v) is 5.70. The molecule has 0 aromatic heterocycles. The van der Waals surface area contributed by atoms with Gasteiger partial charge in [-0.3, -0.25) is 13.9 Å². The molecule has 0 bridgehead atoms. The zero-order valence-electron chi connectivity index (χ0n) is 23.2. The number of halogens is 1. The number of ether oxygens (including phenoxy) is 2. The first-order valence-electron chi connectivity index (χ1n) is 12.6. The fourth-order valence-electron chi connectivity index (χ4n) is 4.08. The zero-order valence-corrected chi connectivity index (χ0v) is 24.8. The minimum Gasteiger partial charge on any atom is -0.493 e. The van der Waals surface area contributed by atoms with Gasteiger partial charge in [-0.15, -0.1) is 0 Å². The number of aryl methyl sites for hydroxylation is 1. The van der Waals surface area contributed by atoms with Crippen LogP contribution in [0.25, 0.3) is 0 Å². The number of likely N-dealkylation sites (N-methyl/N-ethyl adjacent to an activating group) is 1. The van der Waals surface area contributed by atoms with Crippen molar-refractivity contribution in [3.63, 3.8) is 0 Å². The Morgan fingerprint density at radius 1 is 0.975 bits per heavy atom. The van der Waals surface area contributed by atoms with E-state index >= 15 is 0 Å². The number of rotatable bonds is 12. The Bertz CT molecular complexity index is 1450. The summed E-state index contributed by atoms with van der Waals surface area (Å²) >= 11 is 6.16. The summed E-state index contributed by atoms with van der Waals surface area (Å²) in [5.41, 5.74) is 1.77. The zero-order chi connectivity index (χ0) is 29.4. The highest BCUT2D eigenvalue weighted by Gasteiger charge is 2.33. The molecular weight excluding hydrogens is 554 g/mol. The van der Waals surface area contributed by atoms with Crippen molar-refractivity contribution >= 4 is 39.1 Å². The highest BCUT2D eigenvalue weighted by molar-refractivity contribution is 7.92. The third-order valence-corrected chi connectivity index (χ3v) is 8.33. The van der Waals surface area contributed by atoms with Gasteiger partial charge in [0.05, 0.1) is 24.8 Å². The van der Waals surface area contributed by atoms with Gasteiger partial charge in [0, 0.05) is 24.2 Å². The molecule has 0 spiro atoms. The highest BCUT2D eigenvalue weighted by atomic mass is 35.5. The summed E-state index contributed by atoms with van der Waals surface area (Å²) in [5.74, 6) is -0.248. The van der Waals surface area contributed by atoms with Gasteiger partial charge in [-0.25, -0.2) is 8.42 Å². The Morgan fingerprint density at radius 3 is 2.25 bits per heavy atom. The molecule has 1 atom stereocenters. The first-order chi connectivity index (χ1) is 19.0. The third kappa shape index (κ3) is 7.25. The molecule has 3 aromatic carbocycles. The van der Waals surface area contributed by atoms with Gasteiger partial charge in [-0.1, -0.05) is 41.4 Å². The van der Waals surface area contributed by atoms with Crippen LogP contribution in [-0.4, -0.2) is 58.5 Å². The Morgan fingerprint density at radius 2 is 1.65 bits per heavy atom. The molecule has 0 aliphatic rings. The third-order valence-electron chi connectivity index (χ3n) is 6.30. The van der Waals surface area contributed by atoms with E-state index in [1.165, 1.54) is 43.4 Å². The molecule has 0 aliphatic heterocycles. The van der Waals surface area contributed by atoms with Crippen LogP contribution in [0.15, 0.2) is 71.6 Å². The van der Waals surface area contributed by atoms with Crippen LogP contribution >= 0.6 is 11.6 Å². The van der Waals surface area contributed by atoms with Crippen LogP contribution in [0.4, 0.5) is 5.69 Å². The molecule has 214 valence electrons. The topological polar surface area (TPSA) is 105 Å². The first kappa shape index (κ1) is 30.8. The molecule has 0 radical (unpaired) electrons. The molecule has 11 heteroatoms. The lowest BCUT2D eigenvalue weighted by Gasteiger charge is -2.32. The second kappa shape index (κ2) is 13.5. The second-order valence-electron chi connectivity index (χ2n) is 9.09. The van der Waals surface area contributed by atoms with Gasteiger partial charge < -0.3 is 19.7 Å². The van der Waals surface area contributed by atoms with Gasteiger partial charge in [0.25, 0.3) is 10.0 Å². The Balaban J connectivity index is 2.09. The number of hydrogen-bond donors (Lipinski definition) is 1. The van der Waals surface area contributed by atoms with Crippen LogP contribution in [-0.2, 0) is 26.2 Å². The van der Waals surface area contributed by atoms with Crippen molar-refractivity contribution in [2.24, 2.45) is 0 Å². The lowest BCUT2D eigenvalue weighted by Crippen LogP contribution is -2.51. The van der Waals surface area contributed by atoms with E-state index in [4.69, 9.17) is 21.1 Å². The van der Waals surface area contributed by atoms with E-state index < -0.39 is 28.5 Å². The summed E-state index contributed by atoms with van der Waals surface area (Å²) in [6.45, 7) is 5.08. The van der Waals surface area contributed by atoms with Crippen molar-refractivity contribution < 1.29 is 27.5 Å². The Hall–Kier alpha value is -3.76. The van der Waals surface area contributed by atoms with Crippen molar-refractivity contribution in [2.45, 2.75) is 38.3 Å². The van der Waals surface area contributed by atoms with E-state index in [9.17, 15) is 18.0 Å². The summed E-state index contributed by atoms with van der Waals surface area (Å²) in [6, 6.07) is 17.0. The van der Waals surface area contributed by atoms with Gasteiger partial charge in [-0.05, 0) is 62.7 Å². The Labute approximate surface area is 240 Å². The largest absolute Gasteiger partial charge is 0.493 e. The van der Waals surface area contributed by atoms with Crippen molar-refractivity contribution in [3.8, 4) is 11.5 Å². The maximum absolute atomic E-state index is 14.0. The minimum absolute atomic E-state index is 0.0128. The number of anilines is 1. The number of nitrogens with one attached hydrogen (secondary N) is 1. The number of benzene rings is 3. The fraction of sp³-hybridized carbons (Fsp3) is 0.310. The summed E-state index contributed by atoms with van der Waals surface area (Å²) in [4.78, 5) is 28.1. The Kier molecular flexibility index (Phi) is 10.4. The van der Waals surface area contributed by atoms with Gasteiger partial charge in [0.15, 0.2) is 11.5 Å². The van der Waals surface area contributed by atoms with Gasteiger partial charge in [-0.2, -0.15) is 0 Å². The van der Waals surface area contributed by atoms with E-state index in [-0.39, 0.29) is 23.0 Å². The molecule has 0 aliphatic carbocycles. The van der Waals surface area contributed by atoms with Crippen LogP contribution < -0.4 is 19.1 Å². The van der Waals surface area contributed by atoms with E-state index in [1.807, 2.05) is 6.92 Å². The molecule has 9 nitrogen and oxygen atoms in total. The molecule has 1 unspecified atom stereocenters. The summed E-state index contributed by atoms with van der Waals surface area (Å²) in [6.07, 6.45) is 0. The molecule has 3 rings (SSSR count). The first-order valence-corrected chi connectivity index (χ1v) is 14.5. The van der Waals surface area contributed by atoms with Crippen molar-refractivity contribution in [1.29, 1.82) is 0 Å². The molecule has 0 saturated heterocycles. The summed E-state index contributed by atoms with van der Waals surface area (Å²) < 4.78 is 39.6. The van der Waals surface area contributed by atoms with Crippen LogP contribution in [0.2, 0.25) is 5.02 Å². The number of hydrogen-bond acceptors (Lipinski definition) is 6. The number of methoxy groups -OCH3 is 2. The van der Waals surface area contributed by atoms with Gasteiger partial charge >= 0.3 is 0 Å². The van der Waals surface area contributed by atoms with Crippen molar-refractivity contribution in [3.05, 3.63) is 82.9 Å². The number of carbonyl (C=O) groups excluding carboxylic acids is 2. The SMILES string of the molecule is CCNC(=O)C(C)N(Cc1cccc(Cl)c1)C(=O)CN(c1ccc(OC)c(OC)c1)S(=O)(=O)c1ccc(C)cc1. The number of carbonyl (C=O) groups is 2. The highest BCUT2D eigenvalue weighted by Crippen LogP contribution is 2.34. The molecule has 1 N–H and O–H groups in total. The lowest BCUT2D eigenvalue weighted by molar-refractivity contribution is -0.139. The number of nitrogens with zero attached hydrogens (tertiary/aromatic N) is 2. The smallest absolute Gasteiger partial charge is 0.264 e. The van der Waals surface area contributed by atoms with E-state index in [1.54, 1.807) is 56.3 Å². The maximum atomic E-state index is 14.0. The van der Waals surface area contributed by atoms with Crippen LogP contribution in [0.3, 0.4) is 0 Å². The van der Waals surface area contributed by atoms with E-state index in [0.717, 1.165) is 9.87 Å². The minimum atomic E-state index is -4.21. The second-order valence-corrected chi connectivity index (χ2v) is 11.4. The quantitative estimate of drug-likeness (QED) is 0.336. The van der Waals surface area contributed by atoms with Crippen LogP contribution in [0.5, 0.6) is 11.5 Å². The average Bonchev–Trinajstić information content (AvgIpc) is 2.94. The predicted molar refractivity (Wildman–Crippen MR) is 155 cm³/mol. The van der Waals surface area contributed by atoms with Gasteiger partial charge in [0.1, 0.15) is 12.6 Å². The molecule has 2 amide bonds. The molecule has 0 saturated carbocycles. The molecule has 40 heavy (non-hydrogen) atoms. The van der Waals surface area contributed by atoms with Crippen molar-refractivity contribution in [1.82, 2.24) is 10.2 Å². The molecule has 0 fully saturated rings. The van der Waals surface area contributed by atoms with Gasteiger partial charge in [0.2, 0.25) is 11.8 Å². The summed E-state index contributed by atoms with van der Waals surface area (Å²) in [5, 5.41) is 3.21. The van der Waals surface area contributed by atoms with Crippen LogP contribution in [0.1, 0.15) is 25.0 Å². The number of amides is 2. The van der Waals surface area contributed by atoms with Crippen LogP contribution in [0, 0.1) is 6.92 Å². The molecule has 3 aromatic rings. The number of sulfonamides is 1. The van der Waals surface area contributed by atoms with Crippen molar-refractivity contribution in [2.75, 3.05) is 31.6 Å².